The van der Waals surface area contributed by atoms with E-state index in [9.17, 15) is 32.3 Å². The van der Waals surface area contributed by atoms with Crippen LogP contribution in [0, 0.1) is 11.7 Å². The molecule has 0 bridgehead atoms. The van der Waals surface area contributed by atoms with Gasteiger partial charge >= 0.3 is 0 Å². The molecular formula is C36H42FN5O7S. The molecule has 3 amide bonds. The smallest absolute Gasteiger partial charge is 0.270 e. The maximum absolute atomic E-state index is 13.6. The molecule has 3 atom stereocenters. The van der Waals surface area contributed by atoms with Crippen LogP contribution >= 0.6 is 0 Å². The van der Waals surface area contributed by atoms with Crippen molar-refractivity contribution >= 4 is 44.7 Å². The van der Waals surface area contributed by atoms with Crippen LogP contribution in [0.25, 0.3) is 17.0 Å². The van der Waals surface area contributed by atoms with Gasteiger partial charge in [-0.15, -0.1) is 0 Å². The average molecular weight is 708 g/mol. The van der Waals surface area contributed by atoms with Gasteiger partial charge in [0, 0.05) is 44.7 Å². The summed E-state index contributed by atoms with van der Waals surface area (Å²) in [6, 6.07) is 10.2. The predicted molar refractivity (Wildman–Crippen MR) is 184 cm³/mol. The van der Waals surface area contributed by atoms with E-state index in [1.165, 1.54) is 33.5 Å². The number of fused-ring (bicyclic) bond motifs is 1. The van der Waals surface area contributed by atoms with Crippen molar-refractivity contribution in [2.24, 2.45) is 5.92 Å². The molecule has 1 saturated carbocycles. The summed E-state index contributed by atoms with van der Waals surface area (Å²) in [7, 11) is -2.19. The number of benzene rings is 2. The third-order valence-electron chi connectivity index (χ3n) is 9.62. The molecule has 50 heavy (non-hydrogen) atoms. The molecule has 12 nitrogen and oxygen atoms in total. The normalized spacial score (nSPS) is 20.8. The molecule has 14 heteroatoms. The largest absolute Gasteiger partial charge is 0.391 e. The molecule has 1 aliphatic carbocycles. The lowest BCUT2D eigenvalue weighted by Crippen LogP contribution is -2.49. The lowest BCUT2D eigenvalue weighted by atomic mass is 10.00. The van der Waals surface area contributed by atoms with E-state index < -0.39 is 58.3 Å². The number of sulfonamides is 1. The maximum atomic E-state index is 13.6. The first-order valence-electron chi connectivity index (χ1n) is 16.9. The quantitative estimate of drug-likeness (QED) is 0.274. The Hall–Kier alpha value is -4.24. The third-order valence-corrected chi connectivity index (χ3v) is 11.5. The molecule has 2 saturated heterocycles. The van der Waals surface area contributed by atoms with Crippen molar-refractivity contribution < 1.29 is 37.0 Å². The van der Waals surface area contributed by atoms with E-state index in [1.807, 2.05) is 6.08 Å². The number of rotatable bonds is 11. The van der Waals surface area contributed by atoms with Crippen LogP contribution in [0.3, 0.4) is 0 Å². The number of allylic oxidation sites excluding steroid dienone is 1. The summed E-state index contributed by atoms with van der Waals surface area (Å²) in [5, 5.41) is 16.4. The number of aliphatic hydroxyl groups excluding tert-OH is 1. The highest BCUT2D eigenvalue weighted by Gasteiger charge is 2.39. The summed E-state index contributed by atoms with van der Waals surface area (Å²) < 4.78 is 47.6. The number of ether oxygens (including phenoxy) is 1. The van der Waals surface area contributed by atoms with Crippen molar-refractivity contribution in [1.82, 2.24) is 24.8 Å². The van der Waals surface area contributed by atoms with Crippen LogP contribution in [0.5, 0.6) is 0 Å². The van der Waals surface area contributed by atoms with Gasteiger partial charge in [0.1, 0.15) is 17.6 Å². The van der Waals surface area contributed by atoms with E-state index in [0.717, 1.165) is 12.8 Å². The van der Waals surface area contributed by atoms with Gasteiger partial charge in [0.2, 0.25) is 21.8 Å². The monoisotopic (exact) mass is 707 g/mol. The highest BCUT2D eigenvalue weighted by molar-refractivity contribution is 7.89. The number of pyridine rings is 1. The minimum absolute atomic E-state index is 0.0190. The molecule has 3 aromatic rings. The Morgan fingerprint density at radius 1 is 1.10 bits per heavy atom. The van der Waals surface area contributed by atoms with Crippen LogP contribution in [0.2, 0.25) is 0 Å². The first-order valence-corrected chi connectivity index (χ1v) is 18.3. The molecule has 1 aromatic heterocycles. The standard InChI is InChI=1S/C36H42FN5O7S/c1-22(30-10-9-29(18-24(30)6-5-23-3-4-23)50(47,48)41(2)27-13-15-49-16-14-27)39-36(46)33-19-28(43)21-42(33)34(44)20-38-35(45)32-11-7-25-17-26(37)8-12-31(25)40-32/h5-12,17-18,22-23,27-28,33,43H,3-4,13-16,19-21H2,1-2H3,(H,38,45)(H,39,46)/b6-5+/t22-,28-,33+/m1/s1. The Kier molecular flexibility index (Phi) is 10.6. The molecule has 2 aromatic carbocycles. The molecule has 2 aliphatic heterocycles. The zero-order valence-corrected chi connectivity index (χ0v) is 28.9. The molecular weight excluding hydrogens is 665 g/mol. The highest BCUT2D eigenvalue weighted by atomic mass is 32.2. The van der Waals surface area contributed by atoms with E-state index >= 15 is 0 Å². The van der Waals surface area contributed by atoms with Crippen molar-refractivity contribution in [3.05, 3.63) is 77.2 Å². The molecule has 6 rings (SSSR count). The number of β-amino-alcohol motifs (C(OH)–C–C–N with tert-alkyl or cyclic N) is 1. The number of likely N-dealkylation sites (tertiary alicyclic amines) is 1. The Morgan fingerprint density at radius 2 is 1.86 bits per heavy atom. The van der Waals surface area contributed by atoms with Gasteiger partial charge in [-0.1, -0.05) is 24.3 Å². The molecule has 3 fully saturated rings. The second kappa shape index (κ2) is 14.9. The number of carbonyl (C=O) groups is 3. The molecule has 0 radical (unpaired) electrons. The van der Waals surface area contributed by atoms with Crippen molar-refractivity contribution in [2.75, 3.05) is 33.4 Å². The Balaban J connectivity index is 1.13. The minimum atomic E-state index is -3.79. The fraction of sp³-hybridized carbons (Fsp3) is 0.444. The summed E-state index contributed by atoms with van der Waals surface area (Å²) in [5.41, 5.74) is 1.84. The number of nitrogens with one attached hydrogen (secondary N) is 2. The van der Waals surface area contributed by atoms with Crippen LogP contribution in [0.4, 0.5) is 4.39 Å². The van der Waals surface area contributed by atoms with E-state index in [0.29, 0.717) is 54.0 Å². The van der Waals surface area contributed by atoms with Crippen molar-refractivity contribution in [1.29, 1.82) is 0 Å². The van der Waals surface area contributed by atoms with Gasteiger partial charge in [-0.2, -0.15) is 4.31 Å². The summed E-state index contributed by atoms with van der Waals surface area (Å²) in [6.45, 7) is 2.30. The van der Waals surface area contributed by atoms with Gasteiger partial charge < -0.3 is 25.4 Å². The summed E-state index contributed by atoms with van der Waals surface area (Å²) >= 11 is 0. The number of aliphatic hydroxyl groups is 1. The van der Waals surface area contributed by atoms with E-state index in [4.69, 9.17) is 4.74 Å². The van der Waals surface area contributed by atoms with Crippen LogP contribution < -0.4 is 10.6 Å². The fourth-order valence-electron chi connectivity index (χ4n) is 6.49. The SMILES string of the molecule is C[C@@H](NC(=O)[C@@H]1C[C@@H](O)CN1C(=O)CNC(=O)c1ccc2cc(F)ccc2n1)c1ccc(S(=O)(=O)N(C)C2CCOCC2)cc1/C=C/C1CC1. The van der Waals surface area contributed by atoms with E-state index in [1.54, 1.807) is 38.2 Å². The Labute approximate surface area is 290 Å². The number of carbonyl (C=O) groups excluding carboxylic acids is 3. The molecule has 266 valence electrons. The van der Waals surface area contributed by atoms with Crippen LogP contribution in [0.15, 0.2) is 59.5 Å². The van der Waals surface area contributed by atoms with Gasteiger partial charge in [0.05, 0.1) is 29.1 Å². The van der Waals surface area contributed by atoms with Gasteiger partial charge in [0.25, 0.3) is 5.91 Å². The van der Waals surface area contributed by atoms with Gasteiger partial charge in [-0.25, -0.2) is 17.8 Å². The number of halogens is 1. The zero-order chi connectivity index (χ0) is 35.6. The molecule has 0 spiro atoms. The number of hydrogen-bond acceptors (Lipinski definition) is 8. The van der Waals surface area contributed by atoms with Crippen molar-refractivity contribution in [3.8, 4) is 0 Å². The fourth-order valence-corrected chi connectivity index (χ4v) is 7.94. The lowest BCUT2D eigenvalue weighted by molar-refractivity contribution is -0.138. The molecule has 0 unspecified atom stereocenters. The summed E-state index contributed by atoms with van der Waals surface area (Å²) in [6.07, 6.45) is 6.43. The third kappa shape index (κ3) is 8.04. The lowest BCUT2D eigenvalue weighted by Gasteiger charge is -2.30. The van der Waals surface area contributed by atoms with Crippen LogP contribution in [-0.2, 0) is 24.3 Å². The second-order valence-corrected chi connectivity index (χ2v) is 15.2. The Morgan fingerprint density at radius 3 is 2.60 bits per heavy atom. The maximum Gasteiger partial charge on any atom is 0.270 e. The van der Waals surface area contributed by atoms with Gasteiger partial charge in [-0.05, 0) is 86.1 Å². The van der Waals surface area contributed by atoms with Crippen molar-refractivity contribution in [3.63, 3.8) is 0 Å². The van der Waals surface area contributed by atoms with Crippen molar-refractivity contribution in [2.45, 2.75) is 68.2 Å². The number of nitrogens with zero attached hydrogens (tertiary/aromatic N) is 3. The zero-order valence-electron chi connectivity index (χ0n) is 28.0. The summed E-state index contributed by atoms with van der Waals surface area (Å²) in [4.78, 5) is 45.3. The highest BCUT2D eigenvalue weighted by Crippen LogP contribution is 2.33. The van der Waals surface area contributed by atoms with E-state index in [-0.39, 0.29) is 29.6 Å². The van der Waals surface area contributed by atoms with E-state index in [2.05, 4.69) is 21.7 Å². The topological polar surface area (TPSA) is 158 Å². The average Bonchev–Trinajstić information content (AvgIpc) is 3.87. The van der Waals surface area contributed by atoms with Gasteiger partial charge in [0.15, 0.2) is 0 Å². The number of hydrogen-bond donors (Lipinski definition) is 3. The number of aromatic nitrogens is 1. The molecule has 3 heterocycles. The first kappa shape index (κ1) is 35.6. The van der Waals surface area contributed by atoms with Crippen LogP contribution in [0.1, 0.15) is 66.7 Å². The Bertz CT molecular complexity index is 1910. The molecule has 3 N–H and O–H groups in total. The predicted octanol–water partition coefficient (Wildman–Crippen LogP) is 3.17. The first-order chi connectivity index (χ1) is 23.9. The summed E-state index contributed by atoms with van der Waals surface area (Å²) in [5.74, 6) is -1.64. The second-order valence-electron chi connectivity index (χ2n) is 13.2. The minimum Gasteiger partial charge on any atom is -0.391 e. The van der Waals surface area contributed by atoms with Gasteiger partial charge in [-0.3, -0.25) is 14.4 Å². The van der Waals surface area contributed by atoms with Crippen LogP contribution in [-0.4, -0.2) is 97.0 Å². The number of amides is 3. The molecule has 3 aliphatic rings.